The normalized spacial score (nSPS) is 11.1. The van der Waals surface area contributed by atoms with E-state index in [0.29, 0.717) is 16.6 Å². The van der Waals surface area contributed by atoms with Gasteiger partial charge in [-0.2, -0.15) is 0 Å². The molecule has 140 valence electrons. The molecule has 0 amide bonds. The van der Waals surface area contributed by atoms with Crippen molar-refractivity contribution in [2.45, 2.75) is 26.2 Å². The van der Waals surface area contributed by atoms with Crippen LogP contribution in [0.15, 0.2) is 66.7 Å². The van der Waals surface area contributed by atoms with Crippen molar-refractivity contribution >= 4 is 34.8 Å². The summed E-state index contributed by atoms with van der Waals surface area (Å²) in [5.41, 5.74) is 10.3. The van der Waals surface area contributed by atoms with E-state index >= 15 is 0 Å². The number of halogens is 3. The van der Waals surface area contributed by atoms with Crippen LogP contribution in [0.3, 0.4) is 0 Å². The van der Waals surface area contributed by atoms with Gasteiger partial charge >= 0.3 is 0 Å². The Morgan fingerprint density at radius 3 is 1.85 bits per heavy atom. The van der Waals surface area contributed by atoms with Crippen LogP contribution >= 0.6 is 34.8 Å². The van der Waals surface area contributed by atoms with Gasteiger partial charge in [0.05, 0.1) is 10.0 Å². The standard InChI is InChI=1S/C22H21Cl3N2/c23-20-3-1-2-18(10-20)14-27(13-17-6-4-16(12-26)5-7-17)15-19-8-9-21(24)22(25)11-19/h1-11H,12-15,26H2. The van der Waals surface area contributed by atoms with Crippen LogP contribution in [0.25, 0.3) is 0 Å². The molecule has 3 rings (SSSR count). The third-order valence-corrected chi connectivity index (χ3v) is 5.32. The molecule has 0 atom stereocenters. The van der Waals surface area contributed by atoms with Crippen LogP contribution in [0, 0.1) is 0 Å². The van der Waals surface area contributed by atoms with Crippen molar-refractivity contribution < 1.29 is 0 Å². The smallest absolute Gasteiger partial charge is 0.0595 e. The second kappa shape index (κ2) is 9.59. The first-order valence-corrected chi connectivity index (χ1v) is 9.85. The van der Waals surface area contributed by atoms with Gasteiger partial charge in [-0.3, -0.25) is 4.90 Å². The molecule has 0 saturated heterocycles. The van der Waals surface area contributed by atoms with Crippen LogP contribution in [0.2, 0.25) is 15.1 Å². The first-order chi connectivity index (χ1) is 13.0. The lowest BCUT2D eigenvalue weighted by Gasteiger charge is -2.23. The quantitative estimate of drug-likeness (QED) is 0.486. The second-order valence-corrected chi connectivity index (χ2v) is 7.80. The third kappa shape index (κ3) is 5.97. The van der Waals surface area contributed by atoms with E-state index in [-0.39, 0.29) is 0 Å². The van der Waals surface area contributed by atoms with Gasteiger partial charge in [0, 0.05) is 31.2 Å². The van der Waals surface area contributed by atoms with Crippen LogP contribution in [-0.2, 0) is 26.2 Å². The molecule has 27 heavy (non-hydrogen) atoms. The Morgan fingerprint density at radius 1 is 0.630 bits per heavy atom. The van der Waals surface area contributed by atoms with Gasteiger partial charge < -0.3 is 5.73 Å². The zero-order valence-electron chi connectivity index (χ0n) is 14.8. The summed E-state index contributed by atoms with van der Waals surface area (Å²) < 4.78 is 0. The van der Waals surface area contributed by atoms with E-state index in [9.17, 15) is 0 Å². The van der Waals surface area contributed by atoms with Crippen LogP contribution in [0.5, 0.6) is 0 Å². The van der Waals surface area contributed by atoms with Crippen LogP contribution < -0.4 is 5.73 Å². The van der Waals surface area contributed by atoms with Crippen LogP contribution in [-0.4, -0.2) is 4.90 Å². The minimum absolute atomic E-state index is 0.551. The molecule has 0 fully saturated rings. The van der Waals surface area contributed by atoms with Crippen molar-refractivity contribution in [3.8, 4) is 0 Å². The average molecular weight is 420 g/mol. The maximum absolute atomic E-state index is 6.19. The Bertz CT molecular complexity index is 894. The average Bonchev–Trinajstić information content (AvgIpc) is 2.65. The highest BCUT2D eigenvalue weighted by atomic mass is 35.5. The summed E-state index contributed by atoms with van der Waals surface area (Å²) in [5.74, 6) is 0. The lowest BCUT2D eigenvalue weighted by Crippen LogP contribution is -2.22. The molecule has 0 radical (unpaired) electrons. The molecule has 0 unspecified atom stereocenters. The largest absolute Gasteiger partial charge is 0.326 e. The summed E-state index contributed by atoms with van der Waals surface area (Å²) >= 11 is 18.4. The van der Waals surface area contributed by atoms with E-state index in [2.05, 4.69) is 35.2 Å². The number of rotatable bonds is 7. The van der Waals surface area contributed by atoms with E-state index in [0.717, 1.165) is 35.8 Å². The maximum atomic E-state index is 6.19. The van der Waals surface area contributed by atoms with Gasteiger partial charge in [-0.15, -0.1) is 0 Å². The van der Waals surface area contributed by atoms with Crippen LogP contribution in [0.4, 0.5) is 0 Å². The molecular weight excluding hydrogens is 399 g/mol. The summed E-state index contributed by atoms with van der Waals surface area (Å²) in [5, 5.41) is 1.89. The first-order valence-electron chi connectivity index (χ1n) is 8.72. The molecule has 0 aliphatic carbocycles. The lowest BCUT2D eigenvalue weighted by molar-refractivity contribution is 0.247. The van der Waals surface area contributed by atoms with Crippen molar-refractivity contribution in [3.05, 3.63) is 104 Å². The first kappa shape index (κ1) is 20.2. The minimum Gasteiger partial charge on any atom is -0.326 e. The Morgan fingerprint density at radius 2 is 1.22 bits per heavy atom. The van der Waals surface area contributed by atoms with Crippen molar-refractivity contribution in [1.29, 1.82) is 0 Å². The predicted molar refractivity (Wildman–Crippen MR) is 115 cm³/mol. The molecule has 0 heterocycles. The number of hydrogen-bond donors (Lipinski definition) is 1. The van der Waals surface area contributed by atoms with Crippen molar-refractivity contribution in [3.63, 3.8) is 0 Å². The molecule has 2 N–H and O–H groups in total. The van der Waals surface area contributed by atoms with Gasteiger partial charge in [0.1, 0.15) is 0 Å². The number of nitrogens with two attached hydrogens (primary N) is 1. The predicted octanol–water partition coefficient (Wildman–Crippen LogP) is 6.31. The van der Waals surface area contributed by atoms with Gasteiger partial charge in [0.25, 0.3) is 0 Å². The lowest BCUT2D eigenvalue weighted by atomic mass is 10.1. The SMILES string of the molecule is NCc1ccc(CN(Cc2cccc(Cl)c2)Cc2ccc(Cl)c(Cl)c2)cc1. The topological polar surface area (TPSA) is 29.3 Å². The molecule has 0 spiro atoms. The molecule has 0 saturated carbocycles. The molecule has 0 aliphatic rings. The minimum atomic E-state index is 0.551. The van der Waals surface area contributed by atoms with Gasteiger partial charge in [0.15, 0.2) is 0 Å². The fourth-order valence-electron chi connectivity index (χ4n) is 3.00. The summed E-state index contributed by atoms with van der Waals surface area (Å²) in [6.45, 7) is 2.88. The highest BCUT2D eigenvalue weighted by Crippen LogP contribution is 2.24. The number of hydrogen-bond acceptors (Lipinski definition) is 2. The monoisotopic (exact) mass is 418 g/mol. The molecule has 0 aromatic heterocycles. The van der Waals surface area contributed by atoms with Gasteiger partial charge in [-0.05, 0) is 46.5 Å². The van der Waals surface area contributed by atoms with Crippen LogP contribution in [0.1, 0.15) is 22.3 Å². The Hall–Kier alpha value is -1.55. The molecule has 2 nitrogen and oxygen atoms in total. The fraction of sp³-hybridized carbons (Fsp3) is 0.182. The number of nitrogens with zero attached hydrogens (tertiary/aromatic N) is 1. The number of benzene rings is 3. The van der Waals surface area contributed by atoms with Gasteiger partial charge in [0.2, 0.25) is 0 Å². The fourth-order valence-corrected chi connectivity index (χ4v) is 3.53. The molecule has 3 aromatic rings. The highest BCUT2D eigenvalue weighted by Gasteiger charge is 2.10. The third-order valence-electron chi connectivity index (χ3n) is 4.35. The summed E-state index contributed by atoms with van der Waals surface area (Å²) in [6, 6.07) is 22.1. The van der Waals surface area contributed by atoms with E-state index in [4.69, 9.17) is 40.5 Å². The zero-order chi connectivity index (χ0) is 19.2. The van der Waals surface area contributed by atoms with Gasteiger partial charge in [-0.1, -0.05) is 77.3 Å². The Kier molecular flexibility index (Phi) is 7.17. The second-order valence-electron chi connectivity index (χ2n) is 6.54. The van der Waals surface area contributed by atoms with Gasteiger partial charge in [-0.25, -0.2) is 0 Å². The Labute approximate surface area is 175 Å². The maximum Gasteiger partial charge on any atom is 0.0595 e. The van der Waals surface area contributed by atoms with Crippen molar-refractivity contribution in [1.82, 2.24) is 4.90 Å². The molecule has 5 heteroatoms. The van der Waals surface area contributed by atoms with E-state index in [1.54, 1.807) is 0 Å². The summed E-state index contributed by atoms with van der Waals surface area (Å²) in [7, 11) is 0. The van der Waals surface area contributed by atoms with E-state index in [1.807, 2.05) is 36.4 Å². The molecular formula is C22H21Cl3N2. The molecule has 0 aliphatic heterocycles. The highest BCUT2D eigenvalue weighted by molar-refractivity contribution is 6.42. The molecule has 0 bridgehead atoms. The van der Waals surface area contributed by atoms with E-state index in [1.165, 1.54) is 11.1 Å². The van der Waals surface area contributed by atoms with Crippen molar-refractivity contribution in [2.75, 3.05) is 0 Å². The summed E-state index contributed by atoms with van der Waals surface area (Å²) in [4.78, 5) is 2.35. The Balaban J connectivity index is 1.81. The summed E-state index contributed by atoms with van der Waals surface area (Å²) in [6.07, 6.45) is 0. The zero-order valence-corrected chi connectivity index (χ0v) is 17.1. The van der Waals surface area contributed by atoms with Crippen molar-refractivity contribution in [2.24, 2.45) is 5.73 Å². The molecule has 3 aromatic carbocycles. The van der Waals surface area contributed by atoms with E-state index < -0.39 is 0 Å².